The lowest BCUT2D eigenvalue weighted by atomic mass is 10.2. The van der Waals surface area contributed by atoms with Crippen molar-refractivity contribution >= 4 is 23.0 Å². The molecule has 1 aliphatic heterocycles. The molecule has 1 aromatic carbocycles. The van der Waals surface area contributed by atoms with Crippen molar-refractivity contribution in [3.8, 4) is 0 Å². The third-order valence-corrected chi connectivity index (χ3v) is 4.17. The Bertz CT molecular complexity index is 551. The van der Waals surface area contributed by atoms with E-state index in [1.807, 2.05) is 0 Å². The van der Waals surface area contributed by atoms with Crippen LogP contribution in [0.1, 0.15) is 19.3 Å². The van der Waals surface area contributed by atoms with E-state index in [4.69, 9.17) is 11.6 Å². The lowest BCUT2D eigenvalue weighted by Crippen LogP contribution is -2.27. The number of rotatable bonds is 4. The number of nitro groups is 1. The standard InChI is InChI=1S/C13H15ClFN3O2/c14-10-5-12(13(18(19)20)6-11(10)15)16-8-3-4-17(7-8)9-1-2-9/h5-6,8-9,16H,1-4,7H2. The van der Waals surface area contributed by atoms with Crippen LogP contribution in [0.15, 0.2) is 12.1 Å². The molecule has 108 valence electrons. The predicted octanol–water partition coefficient (Wildman–Crippen LogP) is 3.04. The molecule has 7 heteroatoms. The minimum absolute atomic E-state index is 0.102. The zero-order chi connectivity index (χ0) is 14.3. The van der Waals surface area contributed by atoms with Gasteiger partial charge in [0, 0.05) is 25.2 Å². The number of hydrogen-bond donors (Lipinski definition) is 1. The molecule has 2 aliphatic rings. The van der Waals surface area contributed by atoms with Crippen LogP contribution in [0, 0.1) is 15.9 Å². The Kier molecular flexibility index (Phi) is 3.52. The molecule has 1 aromatic rings. The summed E-state index contributed by atoms with van der Waals surface area (Å²) < 4.78 is 13.3. The summed E-state index contributed by atoms with van der Waals surface area (Å²) >= 11 is 5.72. The minimum atomic E-state index is -0.769. The van der Waals surface area contributed by atoms with Crippen LogP contribution in [-0.2, 0) is 0 Å². The lowest BCUT2D eigenvalue weighted by molar-refractivity contribution is -0.384. The largest absolute Gasteiger partial charge is 0.375 e. The molecular formula is C13H15ClFN3O2. The summed E-state index contributed by atoms with van der Waals surface area (Å²) in [6.45, 7) is 1.88. The van der Waals surface area contributed by atoms with Crippen molar-refractivity contribution in [2.75, 3.05) is 18.4 Å². The molecule has 2 fully saturated rings. The van der Waals surface area contributed by atoms with Crippen molar-refractivity contribution in [2.45, 2.75) is 31.3 Å². The minimum Gasteiger partial charge on any atom is -0.375 e. The van der Waals surface area contributed by atoms with Crippen LogP contribution in [-0.4, -0.2) is 35.0 Å². The van der Waals surface area contributed by atoms with Gasteiger partial charge >= 0.3 is 0 Å². The fraction of sp³-hybridized carbons (Fsp3) is 0.538. The molecule has 1 saturated carbocycles. The first kappa shape index (κ1) is 13.6. The molecule has 0 bridgehead atoms. The second kappa shape index (κ2) is 5.18. The Morgan fingerprint density at radius 3 is 2.80 bits per heavy atom. The van der Waals surface area contributed by atoms with Gasteiger partial charge < -0.3 is 5.32 Å². The molecule has 1 atom stereocenters. The zero-order valence-corrected chi connectivity index (χ0v) is 11.6. The number of nitrogens with one attached hydrogen (secondary N) is 1. The summed E-state index contributed by atoms with van der Waals surface area (Å²) in [7, 11) is 0. The van der Waals surface area contributed by atoms with Gasteiger partial charge in [0.05, 0.1) is 16.0 Å². The smallest absolute Gasteiger partial charge is 0.295 e. The first-order valence-corrected chi connectivity index (χ1v) is 7.06. The number of nitro benzene ring substituents is 1. The van der Waals surface area contributed by atoms with E-state index in [1.54, 1.807) is 0 Å². The van der Waals surface area contributed by atoms with Crippen LogP contribution in [0.25, 0.3) is 0 Å². The maximum atomic E-state index is 13.3. The summed E-state index contributed by atoms with van der Waals surface area (Å²) in [6, 6.07) is 3.01. The van der Waals surface area contributed by atoms with E-state index < -0.39 is 10.7 Å². The van der Waals surface area contributed by atoms with Crippen molar-refractivity contribution in [1.29, 1.82) is 0 Å². The second-order valence-electron chi connectivity index (χ2n) is 5.40. The maximum Gasteiger partial charge on any atom is 0.295 e. The van der Waals surface area contributed by atoms with Crippen LogP contribution < -0.4 is 5.32 Å². The number of anilines is 1. The molecule has 1 N–H and O–H groups in total. The summed E-state index contributed by atoms with van der Waals surface area (Å²) in [5.41, 5.74) is 0.0285. The lowest BCUT2D eigenvalue weighted by Gasteiger charge is -2.17. The van der Waals surface area contributed by atoms with Crippen LogP contribution in [0.3, 0.4) is 0 Å². The summed E-state index contributed by atoms with van der Waals surface area (Å²) in [4.78, 5) is 12.8. The molecule has 3 rings (SSSR count). The predicted molar refractivity (Wildman–Crippen MR) is 74.7 cm³/mol. The molecule has 0 amide bonds. The van der Waals surface area contributed by atoms with Gasteiger partial charge in [0.25, 0.3) is 5.69 Å². The topological polar surface area (TPSA) is 58.4 Å². The monoisotopic (exact) mass is 299 g/mol. The van der Waals surface area contributed by atoms with Crippen LogP contribution in [0.4, 0.5) is 15.8 Å². The van der Waals surface area contributed by atoms with Gasteiger partial charge in [-0.3, -0.25) is 15.0 Å². The molecule has 0 spiro atoms. The van der Waals surface area contributed by atoms with E-state index in [0.717, 1.165) is 25.6 Å². The fourth-order valence-corrected chi connectivity index (χ4v) is 2.86. The molecular weight excluding hydrogens is 285 g/mol. The average Bonchev–Trinajstić information content (AvgIpc) is 3.14. The summed E-state index contributed by atoms with van der Waals surface area (Å²) in [5.74, 6) is -0.769. The Morgan fingerprint density at radius 2 is 2.15 bits per heavy atom. The molecule has 1 unspecified atom stereocenters. The Labute approximate surface area is 120 Å². The van der Waals surface area contributed by atoms with Crippen LogP contribution >= 0.6 is 11.6 Å². The van der Waals surface area contributed by atoms with Gasteiger partial charge in [-0.25, -0.2) is 4.39 Å². The normalized spacial score (nSPS) is 23.0. The van der Waals surface area contributed by atoms with Gasteiger partial charge in [-0.2, -0.15) is 0 Å². The Balaban J connectivity index is 1.76. The van der Waals surface area contributed by atoms with Crippen molar-refractivity contribution in [2.24, 2.45) is 0 Å². The van der Waals surface area contributed by atoms with Gasteiger partial charge in [-0.1, -0.05) is 11.6 Å². The number of nitrogens with zero attached hydrogens (tertiary/aromatic N) is 2. The first-order chi connectivity index (χ1) is 9.54. The van der Waals surface area contributed by atoms with Gasteiger partial charge in [0.15, 0.2) is 0 Å². The maximum absolute atomic E-state index is 13.3. The average molecular weight is 300 g/mol. The number of likely N-dealkylation sites (tertiary alicyclic amines) is 1. The van der Waals surface area contributed by atoms with Crippen molar-refractivity contribution in [3.63, 3.8) is 0 Å². The fourth-order valence-electron chi connectivity index (χ4n) is 2.70. The van der Waals surface area contributed by atoms with E-state index in [0.29, 0.717) is 11.7 Å². The SMILES string of the molecule is O=[N+]([O-])c1cc(F)c(Cl)cc1NC1CCN(C2CC2)C1. The van der Waals surface area contributed by atoms with Crippen molar-refractivity contribution in [1.82, 2.24) is 4.90 Å². The summed E-state index contributed by atoms with van der Waals surface area (Å²) in [6.07, 6.45) is 3.42. The van der Waals surface area contributed by atoms with E-state index in [-0.39, 0.29) is 16.8 Å². The van der Waals surface area contributed by atoms with Gasteiger partial charge in [-0.15, -0.1) is 0 Å². The van der Waals surface area contributed by atoms with E-state index in [9.17, 15) is 14.5 Å². The molecule has 1 saturated heterocycles. The highest BCUT2D eigenvalue weighted by Crippen LogP contribution is 2.34. The molecule has 20 heavy (non-hydrogen) atoms. The molecule has 0 radical (unpaired) electrons. The molecule has 5 nitrogen and oxygen atoms in total. The van der Waals surface area contributed by atoms with E-state index >= 15 is 0 Å². The first-order valence-electron chi connectivity index (χ1n) is 6.68. The highest BCUT2D eigenvalue weighted by Gasteiger charge is 2.35. The number of benzene rings is 1. The Hall–Kier alpha value is -1.40. The highest BCUT2D eigenvalue weighted by atomic mass is 35.5. The summed E-state index contributed by atoms with van der Waals surface area (Å²) in [5, 5.41) is 14.0. The zero-order valence-electron chi connectivity index (χ0n) is 10.8. The van der Waals surface area contributed by atoms with Gasteiger partial charge in [-0.05, 0) is 25.3 Å². The molecule has 0 aromatic heterocycles. The third-order valence-electron chi connectivity index (χ3n) is 3.88. The molecule has 1 heterocycles. The number of halogens is 2. The highest BCUT2D eigenvalue weighted by molar-refractivity contribution is 6.31. The van der Waals surface area contributed by atoms with Crippen LogP contribution in [0.5, 0.6) is 0 Å². The second-order valence-corrected chi connectivity index (χ2v) is 5.80. The molecule has 1 aliphatic carbocycles. The Morgan fingerprint density at radius 1 is 1.40 bits per heavy atom. The van der Waals surface area contributed by atoms with E-state index in [2.05, 4.69) is 10.2 Å². The number of hydrogen-bond acceptors (Lipinski definition) is 4. The van der Waals surface area contributed by atoms with Crippen LogP contribution in [0.2, 0.25) is 5.02 Å². The quantitative estimate of drug-likeness (QED) is 0.686. The third kappa shape index (κ3) is 2.71. The van der Waals surface area contributed by atoms with Gasteiger partial charge in [0.2, 0.25) is 0 Å². The van der Waals surface area contributed by atoms with Gasteiger partial charge in [0.1, 0.15) is 11.5 Å². The van der Waals surface area contributed by atoms with Crippen molar-refractivity contribution < 1.29 is 9.31 Å². The van der Waals surface area contributed by atoms with Crippen molar-refractivity contribution in [3.05, 3.63) is 33.1 Å². The van der Waals surface area contributed by atoms with E-state index in [1.165, 1.54) is 18.9 Å².